The zero-order chi connectivity index (χ0) is 14.3. The largest absolute Gasteiger partial charge is 0.497 e. The molecule has 1 atom stereocenters. The highest BCUT2D eigenvalue weighted by Crippen LogP contribution is 2.16. The molecule has 2 N–H and O–H groups in total. The third-order valence-corrected chi connectivity index (χ3v) is 2.78. The van der Waals surface area contributed by atoms with Gasteiger partial charge in [0.2, 0.25) is 0 Å². The number of aliphatic hydroxyl groups excluding tert-OH is 1. The summed E-state index contributed by atoms with van der Waals surface area (Å²) in [6.45, 7) is 3.72. The molecule has 0 aliphatic rings. The molecule has 1 aromatic carbocycles. The Bertz CT molecular complexity index is 389. The second-order valence-corrected chi connectivity index (χ2v) is 4.56. The third-order valence-electron chi connectivity index (χ3n) is 2.78. The van der Waals surface area contributed by atoms with Crippen molar-refractivity contribution in [3.8, 4) is 11.5 Å². The standard InChI is InChI=1S/C14H21NO4/c1-10(2)13(8-16)15-14(17)9-19-12-6-4-11(18-3)5-7-12/h4-7,10,13,16H,8-9H2,1-3H3,(H,15,17)/t13-/m1/s1. The molecule has 0 spiro atoms. The van der Waals surface area contributed by atoms with E-state index in [2.05, 4.69) is 5.32 Å². The Morgan fingerprint density at radius 3 is 2.32 bits per heavy atom. The van der Waals surface area contributed by atoms with E-state index in [0.29, 0.717) is 5.75 Å². The number of carbonyl (C=O) groups excluding carboxylic acids is 1. The third kappa shape index (κ3) is 5.18. The van der Waals surface area contributed by atoms with Gasteiger partial charge in [-0.05, 0) is 30.2 Å². The molecule has 0 bridgehead atoms. The first-order chi connectivity index (χ1) is 9.06. The minimum absolute atomic E-state index is 0.0739. The second-order valence-electron chi connectivity index (χ2n) is 4.56. The van der Waals surface area contributed by atoms with E-state index in [0.717, 1.165) is 5.75 Å². The Morgan fingerprint density at radius 2 is 1.84 bits per heavy atom. The van der Waals surface area contributed by atoms with Crippen LogP contribution in [0.5, 0.6) is 11.5 Å². The molecule has 0 fully saturated rings. The molecule has 0 aliphatic heterocycles. The van der Waals surface area contributed by atoms with Crippen molar-refractivity contribution in [1.29, 1.82) is 0 Å². The normalized spacial score (nSPS) is 12.1. The van der Waals surface area contributed by atoms with Crippen LogP contribution in [-0.4, -0.2) is 37.4 Å². The van der Waals surface area contributed by atoms with Crippen LogP contribution in [0.25, 0.3) is 0 Å². The van der Waals surface area contributed by atoms with Gasteiger partial charge >= 0.3 is 0 Å². The van der Waals surface area contributed by atoms with Gasteiger partial charge in [0.15, 0.2) is 6.61 Å². The molecule has 1 rings (SSSR count). The second kappa shape index (κ2) is 7.63. The van der Waals surface area contributed by atoms with Gasteiger partial charge in [0.1, 0.15) is 11.5 Å². The van der Waals surface area contributed by atoms with Crippen LogP contribution in [0.3, 0.4) is 0 Å². The van der Waals surface area contributed by atoms with E-state index in [-0.39, 0.29) is 31.1 Å². The molecule has 0 aliphatic carbocycles. The van der Waals surface area contributed by atoms with Crippen LogP contribution in [0.1, 0.15) is 13.8 Å². The van der Waals surface area contributed by atoms with Crippen molar-refractivity contribution in [3.63, 3.8) is 0 Å². The summed E-state index contributed by atoms with van der Waals surface area (Å²) >= 11 is 0. The Morgan fingerprint density at radius 1 is 1.26 bits per heavy atom. The van der Waals surface area contributed by atoms with Crippen molar-refractivity contribution in [2.45, 2.75) is 19.9 Å². The van der Waals surface area contributed by atoms with Gasteiger partial charge < -0.3 is 19.9 Å². The number of carbonyl (C=O) groups is 1. The molecule has 0 unspecified atom stereocenters. The Kier molecular flexibility index (Phi) is 6.15. The fourth-order valence-electron chi connectivity index (χ4n) is 1.49. The summed E-state index contributed by atoms with van der Waals surface area (Å²) in [5.41, 5.74) is 0. The number of hydrogen-bond acceptors (Lipinski definition) is 4. The lowest BCUT2D eigenvalue weighted by Crippen LogP contribution is -2.43. The average Bonchev–Trinajstić information content (AvgIpc) is 2.42. The van der Waals surface area contributed by atoms with E-state index in [1.54, 1.807) is 31.4 Å². The predicted octanol–water partition coefficient (Wildman–Crippen LogP) is 1.21. The van der Waals surface area contributed by atoms with E-state index in [9.17, 15) is 4.79 Å². The van der Waals surface area contributed by atoms with Gasteiger partial charge in [0.05, 0.1) is 19.8 Å². The van der Waals surface area contributed by atoms with Crippen molar-refractivity contribution < 1.29 is 19.4 Å². The number of amides is 1. The molecule has 1 amide bonds. The van der Waals surface area contributed by atoms with Gasteiger partial charge in [-0.1, -0.05) is 13.8 Å². The summed E-state index contributed by atoms with van der Waals surface area (Å²) in [6, 6.07) is 6.75. The lowest BCUT2D eigenvalue weighted by molar-refractivity contribution is -0.124. The number of aliphatic hydroxyl groups is 1. The van der Waals surface area contributed by atoms with Crippen molar-refractivity contribution in [3.05, 3.63) is 24.3 Å². The summed E-state index contributed by atoms with van der Waals surface area (Å²) in [4.78, 5) is 11.6. The lowest BCUT2D eigenvalue weighted by Gasteiger charge is -2.19. The summed E-state index contributed by atoms with van der Waals surface area (Å²) in [5.74, 6) is 1.26. The molecule has 0 heterocycles. The molecular formula is C14H21NO4. The summed E-state index contributed by atoms with van der Waals surface area (Å²) < 4.78 is 10.4. The number of hydrogen-bond donors (Lipinski definition) is 2. The maximum absolute atomic E-state index is 11.6. The topological polar surface area (TPSA) is 67.8 Å². The van der Waals surface area contributed by atoms with Crippen LogP contribution in [0.2, 0.25) is 0 Å². The number of benzene rings is 1. The van der Waals surface area contributed by atoms with Crippen molar-refractivity contribution >= 4 is 5.91 Å². The van der Waals surface area contributed by atoms with E-state index in [1.807, 2.05) is 13.8 Å². The van der Waals surface area contributed by atoms with Gasteiger partial charge in [-0.3, -0.25) is 4.79 Å². The summed E-state index contributed by atoms with van der Waals surface area (Å²) in [7, 11) is 1.59. The van der Waals surface area contributed by atoms with Crippen LogP contribution in [0.4, 0.5) is 0 Å². The monoisotopic (exact) mass is 267 g/mol. The fraction of sp³-hybridized carbons (Fsp3) is 0.500. The van der Waals surface area contributed by atoms with Crippen molar-refractivity contribution in [2.75, 3.05) is 20.3 Å². The van der Waals surface area contributed by atoms with E-state index >= 15 is 0 Å². The SMILES string of the molecule is COc1ccc(OCC(=O)N[C@H](CO)C(C)C)cc1. The van der Waals surface area contributed by atoms with E-state index in [4.69, 9.17) is 14.6 Å². The predicted molar refractivity (Wildman–Crippen MR) is 72.3 cm³/mol. The Balaban J connectivity index is 2.40. The minimum atomic E-state index is -0.247. The maximum Gasteiger partial charge on any atom is 0.258 e. The molecular weight excluding hydrogens is 246 g/mol. The van der Waals surface area contributed by atoms with Crippen LogP contribution in [0.15, 0.2) is 24.3 Å². The first kappa shape index (κ1) is 15.3. The first-order valence-electron chi connectivity index (χ1n) is 6.24. The first-order valence-corrected chi connectivity index (χ1v) is 6.24. The van der Waals surface area contributed by atoms with Crippen molar-refractivity contribution in [1.82, 2.24) is 5.32 Å². The number of nitrogens with one attached hydrogen (secondary N) is 1. The number of rotatable bonds is 7. The van der Waals surface area contributed by atoms with E-state index < -0.39 is 0 Å². The highest BCUT2D eigenvalue weighted by Gasteiger charge is 2.15. The number of ether oxygens (including phenoxy) is 2. The minimum Gasteiger partial charge on any atom is -0.497 e. The van der Waals surface area contributed by atoms with Gasteiger partial charge in [-0.15, -0.1) is 0 Å². The highest BCUT2D eigenvalue weighted by atomic mass is 16.5. The van der Waals surface area contributed by atoms with Crippen LogP contribution < -0.4 is 14.8 Å². The molecule has 106 valence electrons. The summed E-state index contributed by atoms with van der Waals surface area (Å²) in [6.07, 6.45) is 0. The summed E-state index contributed by atoms with van der Waals surface area (Å²) in [5, 5.41) is 11.8. The van der Waals surface area contributed by atoms with Gasteiger partial charge in [-0.25, -0.2) is 0 Å². The smallest absolute Gasteiger partial charge is 0.258 e. The fourth-order valence-corrected chi connectivity index (χ4v) is 1.49. The highest BCUT2D eigenvalue weighted by molar-refractivity contribution is 5.77. The molecule has 5 heteroatoms. The zero-order valence-electron chi connectivity index (χ0n) is 11.6. The Labute approximate surface area is 113 Å². The lowest BCUT2D eigenvalue weighted by atomic mass is 10.1. The van der Waals surface area contributed by atoms with Crippen LogP contribution >= 0.6 is 0 Å². The molecule has 0 aromatic heterocycles. The zero-order valence-corrected chi connectivity index (χ0v) is 11.6. The van der Waals surface area contributed by atoms with E-state index in [1.165, 1.54) is 0 Å². The number of methoxy groups -OCH3 is 1. The average molecular weight is 267 g/mol. The van der Waals surface area contributed by atoms with Crippen LogP contribution in [0, 0.1) is 5.92 Å². The van der Waals surface area contributed by atoms with Crippen molar-refractivity contribution in [2.24, 2.45) is 5.92 Å². The molecule has 0 saturated carbocycles. The van der Waals surface area contributed by atoms with Gasteiger partial charge in [0, 0.05) is 0 Å². The molecule has 1 aromatic rings. The Hall–Kier alpha value is -1.75. The van der Waals surface area contributed by atoms with Crippen LogP contribution in [-0.2, 0) is 4.79 Å². The molecule has 19 heavy (non-hydrogen) atoms. The molecule has 5 nitrogen and oxygen atoms in total. The van der Waals surface area contributed by atoms with Gasteiger partial charge in [0.25, 0.3) is 5.91 Å². The van der Waals surface area contributed by atoms with Gasteiger partial charge in [-0.2, -0.15) is 0 Å². The quantitative estimate of drug-likeness (QED) is 0.779. The maximum atomic E-state index is 11.6. The molecule has 0 radical (unpaired) electrons. The molecule has 0 saturated heterocycles.